The third-order valence-electron chi connectivity index (χ3n) is 4.74. The molecule has 1 fully saturated rings. The van der Waals surface area contributed by atoms with E-state index in [0.29, 0.717) is 18.2 Å². The molecule has 1 aromatic carbocycles. The summed E-state index contributed by atoms with van der Waals surface area (Å²) in [4.78, 5) is 37.3. The molecule has 1 aliphatic heterocycles. The Morgan fingerprint density at radius 1 is 1.37 bits per heavy atom. The molecule has 1 saturated heterocycles. The van der Waals surface area contributed by atoms with Gasteiger partial charge in [0.15, 0.2) is 6.10 Å². The number of hydrogen-bond donors (Lipinski definition) is 1. The molecule has 1 N–H and O–H groups in total. The molecule has 8 heteroatoms. The molecule has 1 heterocycles. The summed E-state index contributed by atoms with van der Waals surface area (Å²) in [6.07, 6.45) is 1.77. The lowest BCUT2D eigenvalue weighted by atomic mass is 9.98. The Morgan fingerprint density at radius 3 is 2.63 bits per heavy atom. The molecule has 1 amide bonds. The summed E-state index contributed by atoms with van der Waals surface area (Å²) in [5.74, 6) is -0.507. The van der Waals surface area contributed by atoms with Gasteiger partial charge in [-0.05, 0) is 38.2 Å². The van der Waals surface area contributed by atoms with Gasteiger partial charge in [-0.15, -0.1) is 0 Å². The molecule has 1 aliphatic rings. The zero-order valence-electron chi connectivity index (χ0n) is 16.1. The van der Waals surface area contributed by atoms with Gasteiger partial charge in [-0.2, -0.15) is 0 Å². The topological polar surface area (TPSA) is 102 Å². The Morgan fingerprint density at radius 2 is 2.04 bits per heavy atom. The summed E-state index contributed by atoms with van der Waals surface area (Å²) < 4.78 is 5.28. The molecule has 1 atom stereocenters. The van der Waals surface area contributed by atoms with Crippen LogP contribution in [0.4, 0.5) is 11.4 Å². The lowest BCUT2D eigenvalue weighted by Gasteiger charge is -2.33. The fourth-order valence-electron chi connectivity index (χ4n) is 3.00. The number of hydrogen-bond acceptors (Lipinski definition) is 6. The van der Waals surface area contributed by atoms with Crippen LogP contribution in [0.25, 0.3) is 0 Å². The van der Waals surface area contributed by atoms with E-state index in [9.17, 15) is 19.7 Å². The maximum atomic E-state index is 12.7. The van der Waals surface area contributed by atoms with Gasteiger partial charge in [-0.25, -0.2) is 4.79 Å². The highest BCUT2D eigenvalue weighted by Gasteiger charge is 2.26. The van der Waals surface area contributed by atoms with Gasteiger partial charge in [0.25, 0.3) is 11.6 Å². The first kappa shape index (κ1) is 20.7. The molecular weight excluding hydrogens is 350 g/mol. The number of rotatable bonds is 7. The standard InChI is InChI=1S/C19H27N3O5/c1-4-9-20-18(23)14(3)27-19(24)16-12-15(22(25)26)5-6-17(16)21-10-7-13(2)8-11-21/h5-6,12-14H,4,7-11H2,1-3H3,(H,20,23)/t14-/m1/s1. The molecule has 0 saturated carbocycles. The van der Waals surface area contributed by atoms with Crippen LogP contribution in [0.1, 0.15) is 50.4 Å². The molecule has 148 valence electrons. The van der Waals surface area contributed by atoms with Crippen molar-refractivity contribution in [3.63, 3.8) is 0 Å². The van der Waals surface area contributed by atoms with Gasteiger partial charge < -0.3 is 15.0 Å². The highest BCUT2D eigenvalue weighted by atomic mass is 16.6. The Hall–Kier alpha value is -2.64. The molecule has 0 radical (unpaired) electrons. The van der Waals surface area contributed by atoms with E-state index < -0.39 is 17.0 Å². The largest absolute Gasteiger partial charge is 0.449 e. The van der Waals surface area contributed by atoms with Crippen molar-refractivity contribution >= 4 is 23.3 Å². The molecule has 27 heavy (non-hydrogen) atoms. The van der Waals surface area contributed by atoms with E-state index in [0.717, 1.165) is 32.4 Å². The van der Waals surface area contributed by atoms with Crippen LogP contribution in [0.2, 0.25) is 0 Å². The maximum Gasteiger partial charge on any atom is 0.341 e. The minimum Gasteiger partial charge on any atom is -0.449 e. The van der Waals surface area contributed by atoms with E-state index in [1.807, 2.05) is 11.8 Å². The monoisotopic (exact) mass is 377 g/mol. The van der Waals surface area contributed by atoms with Crippen LogP contribution < -0.4 is 10.2 Å². The van der Waals surface area contributed by atoms with E-state index >= 15 is 0 Å². The number of nitro groups is 1. The number of nitrogens with zero attached hydrogens (tertiary/aromatic N) is 2. The number of ether oxygens (including phenoxy) is 1. The summed E-state index contributed by atoms with van der Waals surface area (Å²) in [5.41, 5.74) is 0.548. The van der Waals surface area contributed by atoms with Crippen molar-refractivity contribution in [2.24, 2.45) is 5.92 Å². The summed E-state index contributed by atoms with van der Waals surface area (Å²) in [6.45, 7) is 7.62. The molecule has 0 aliphatic carbocycles. The van der Waals surface area contributed by atoms with Crippen LogP contribution in [0.5, 0.6) is 0 Å². The Labute approximate surface area is 159 Å². The van der Waals surface area contributed by atoms with Crippen LogP contribution in [-0.4, -0.2) is 42.5 Å². The van der Waals surface area contributed by atoms with Crippen molar-refractivity contribution < 1.29 is 19.2 Å². The van der Waals surface area contributed by atoms with Gasteiger partial charge >= 0.3 is 5.97 Å². The number of piperidine rings is 1. The molecule has 0 aromatic heterocycles. The summed E-state index contributed by atoms with van der Waals surface area (Å²) in [7, 11) is 0. The highest BCUT2D eigenvalue weighted by Crippen LogP contribution is 2.30. The number of esters is 1. The second-order valence-electron chi connectivity index (χ2n) is 6.97. The van der Waals surface area contributed by atoms with Gasteiger partial charge in [0, 0.05) is 31.8 Å². The van der Waals surface area contributed by atoms with E-state index in [4.69, 9.17) is 4.74 Å². The maximum absolute atomic E-state index is 12.7. The molecule has 0 unspecified atom stereocenters. The molecule has 1 aromatic rings. The van der Waals surface area contributed by atoms with E-state index in [2.05, 4.69) is 12.2 Å². The van der Waals surface area contributed by atoms with Gasteiger partial charge in [-0.1, -0.05) is 13.8 Å². The number of nitrogens with one attached hydrogen (secondary N) is 1. The van der Waals surface area contributed by atoms with Crippen molar-refractivity contribution in [1.29, 1.82) is 0 Å². The first-order chi connectivity index (χ1) is 12.8. The zero-order chi connectivity index (χ0) is 20.0. The fourth-order valence-corrected chi connectivity index (χ4v) is 3.00. The number of benzene rings is 1. The van der Waals surface area contributed by atoms with Crippen molar-refractivity contribution in [2.75, 3.05) is 24.5 Å². The number of anilines is 1. The summed E-state index contributed by atoms with van der Waals surface area (Å²) in [6, 6.07) is 4.21. The quantitative estimate of drug-likeness (QED) is 0.445. The molecule has 0 bridgehead atoms. The highest BCUT2D eigenvalue weighted by molar-refractivity contribution is 5.98. The van der Waals surface area contributed by atoms with E-state index in [1.54, 1.807) is 6.07 Å². The van der Waals surface area contributed by atoms with Crippen molar-refractivity contribution in [3.8, 4) is 0 Å². The minimum absolute atomic E-state index is 0.119. The Balaban J connectivity index is 2.23. The molecule has 2 rings (SSSR count). The fraction of sp³-hybridized carbons (Fsp3) is 0.579. The average molecular weight is 377 g/mol. The summed E-state index contributed by atoms with van der Waals surface area (Å²) in [5, 5.41) is 13.8. The van der Waals surface area contributed by atoms with Crippen LogP contribution in [-0.2, 0) is 9.53 Å². The predicted molar refractivity (Wildman–Crippen MR) is 102 cm³/mol. The predicted octanol–water partition coefficient (Wildman–Crippen LogP) is 2.90. The summed E-state index contributed by atoms with van der Waals surface area (Å²) >= 11 is 0. The minimum atomic E-state index is -0.974. The van der Waals surface area contributed by atoms with Crippen LogP contribution in [0.15, 0.2) is 18.2 Å². The number of carbonyl (C=O) groups excluding carboxylic acids is 2. The second-order valence-corrected chi connectivity index (χ2v) is 6.97. The third-order valence-corrected chi connectivity index (χ3v) is 4.74. The second kappa shape index (κ2) is 9.34. The lowest BCUT2D eigenvalue weighted by Crippen LogP contribution is -2.37. The van der Waals surface area contributed by atoms with Gasteiger partial charge in [0.2, 0.25) is 0 Å². The first-order valence-corrected chi connectivity index (χ1v) is 9.35. The normalized spacial score (nSPS) is 15.9. The van der Waals surface area contributed by atoms with E-state index in [1.165, 1.54) is 19.1 Å². The number of amides is 1. The number of non-ortho nitro benzene ring substituents is 1. The molecule has 0 spiro atoms. The Kier molecular flexibility index (Phi) is 7.15. The van der Waals surface area contributed by atoms with Gasteiger partial charge in [0.05, 0.1) is 16.2 Å². The Bertz CT molecular complexity index is 699. The van der Waals surface area contributed by atoms with E-state index in [-0.39, 0.29) is 17.2 Å². The number of nitro benzene ring substituents is 1. The SMILES string of the molecule is CCCNC(=O)[C@@H](C)OC(=O)c1cc([N+](=O)[O-])ccc1N1CCC(C)CC1. The van der Waals surface area contributed by atoms with Crippen molar-refractivity contribution in [2.45, 2.75) is 46.1 Å². The van der Waals surface area contributed by atoms with Crippen LogP contribution in [0, 0.1) is 16.0 Å². The molecular formula is C19H27N3O5. The van der Waals surface area contributed by atoms with Crippen molar-refractivity contribution in [3.05, 3.63) is 33.9 Å². The smallest absolute Gasteiger partial charge is 0.341 e. The number of carbonyl (C=O) groups is 2. The molecule has 8 nitrogen and oxygen atoms in total. The van der Waals surface area contributed by atoms with Crippen LogP contribution >= 0.6 is 0 Å². The lowest BCUT2D eigenvalue weighted by molar-refractivity contribution is -0.384. The zero-order valence-corrected chi connectivity index (χ0v) is 16.1. The third kappa shape index (κ3) is 5.42. The average Bonchev–Trinajstić information content (AvgIpc) is 2.66. The van der Waals surface area contributed by atoms with Crippen molar-refractivity contribution in [1.82, 2.24) is 5.32 Å². The van der Waals surface area contributed by atoms with Gasteiger partial charge in [-0.3, -0.25) is 14.9 Å². The van der Waals surface area contributed by atoms with Crippen LogP contribution in [0.3, 0.4) is 0 Å². The van der Waals surface area contributed by atoms with Gasteiger partial charge in [0.1, 0.15) is 0 Å². The first-order valence-electron chi connectivity index (χ1n) is 9.35.